The lowest BCUT2D eigenvalue weighted by Crippen LogP contribution is -2.11. The number of aryl methyl sites for hydroxylation is 1. The molecular weight excluding hydrogens is 280 g/mol. The number of nitrogens with one attached hydrogen (secondary N) is 1. The van der Waals surface area contributed by atoms with Crippen molar-refractivity contribution in [2.75, 3.05) is 11.1 Å². The van der Waals surface area contributed by atoms with E-state index in [0.29, 0.717) is 21.2 Å². The van der Waals surface area contributed by atoms with Crippen molar-refractivity contribution in [3.63, 3.8) is 0 Å². The number of pyridine rings is 1. The van der Waals surface area contributed by atoms with Crippen LogP contribution in [0.4, 0.5) is 10.8 Å². The Kier molecular flexibility index (Phi) is 2.92. The van der Waals surface area contributed by atoms with Crippen LogP contribution in [0.5, 0.6) is 0 Å². The summed E-state index contributed by atoms with van der Waals surface area (Å²) in [7, 11) is 0. The molecule has 0 aromatic carbocycles. The smallest absolute Gasteiger partial charge is 0.269 e. The first-order valence-electron chi connectivity index (χ1n) is 5.51. The second-order valence-electron chi connectivity index (χ2n) is 3.94. The third-order valence-electron chi connectivity index (χ3n) is 2.53. The standard InChI is InChI=1S/C12H10N4OS2/c1-6-5-18-12(15-6)16-11(17)10-8(13)9-7(19-10)3-2-4-14-9/h2-5H,13H2,1H3,(H,15,16,17). The molecule has 7 heteroatoms. The van der Waals surface area contributed by atoms with E-state index < -0.39 is 0 Å². The van der Waals surface area contributed by atoms with E-state index in [1.807, 2.05) is 24.4 Å². The van der Waals surface area contributed by atoms with Gasteiger partial charge >= 0.3 is 0 Å². The van der Waals surface area contributed by atoms with Gasteiger partial charge in [0.1, 0.15) is 10.4 Å². The highest BCUT2D eigenvalue weighted by molar-refractivity contribution is 7.21. The average molecular weight is 290 g/mol. The number of nitrogens with zero attached hydrogens (tertiary/aromatic N) is 2. The number of aromatic nitrogens is 2. The van der Waals surface area contributed by atoms with Crippen LogP contribution < -0.4 is 11.1 Å². The molecule has 0 saturated carbocycles. The normalized spacial score (nSPS) is 10.8. The Balaban J connectivity index is 1.95. The molecule has 19 heavy (non-hydrogen) atoms. The minimum Gasteiger partial charge on any atom is -0.396 e. The minimum atomic E-state index is -0.241. The van der Waals surface area contributed by atoms with Crippen LogP contribution in [0.1, 0.15) is 15.4 Å². The average Bonchev–Trinajstić information content (AvgIpc) is 2.94. The summed E-state index contributed by atoms with van der Waals surface area (Å²) >= 11 is 2.73. The van der Waals surface area contributed by atoms with Crippen LogP contribution in [-0.4, -0.2) is 15.9 Å². The number of rotatable bonds is 2. The summed E-state index contributed by atoms with van der Waals surface area (Å²) in [6, 6.07) is 3.72. The molecule has 3 N–H and O–H groups in total. The van der Waals surface area contributed by atoms with Gasteiger partial charge < -0.3 is 5.73 Å². The first kappa shape index (κ1) is 12.1. The van der Waals surface area contributed by atoms with Crippen LogP contribution in [0.3, 0.4) is 0 Å². The Morgan fingerprint density at radius 2 is 2.32 bits per heavy atom. The van der Waals surface area contributed by atoms with Crippen molar-refractivity contribution in [3.8, 4) is 0 Å². The number of nitrogens with two attached hydrogens (primary N) is 1. The number of anilines is 2. The molecule has 3 aromatic heterocycles. The van der Waals surface area contributed by atoms with Crippen molar-refractivity contribution >= 4 is 49.6 Å². The van der Waals surface area contributed by atoms with E-state index in [2.05, 4.69) is 15.3 Å². The topological polar surface area (TPSA) is 80.9 Å². The Morgan fingerprint density at radius 3 is 3.00 bits per heavy atom. The van der Waals surface area contributed by atoms with Gasteiger partial charge in [-0.15, -0.1) is 22.7 Å². The fourth-order valence-corrected chi connectivity index (χ4v) is 3.34. The molecule has 96 valence electrons. The number of fused-ring (bicyclic) bond motifs is 1. The number of amides is 1. The van der Waals surface area contributed by atoms with E-state index >= 15 is 0 Å². The molecule has 0 spiro atoms. The molecule has 0 fully saturated rings. The number of thiazole rings is 1. The molecule has 3 rings (SSSR count). The second kappa shape index (κ2) is 4.60. The largest absolute Gasteiger partial charge is 0.396 e. The van der Waals surface area contributed by atoms with Crippen LogP contribution in [0.15, 0.2) is 23.7 Å². The SMILES string of the molecule is Cc1csc(NC(=O)c2sc3cccnc3c2N)n1. The molecule has 0 aliphatic rings. The van der Waals surface area contributed by atoms with E-state index in [0.717, 1.165) is 10.4 Å². The molecule has 0 unspecified atom stereocenters. The van der Waals surface area contributed by atoms with E-state index in [1.165, 1.54) is 22.7 Å². The van der Waals surface area contributed by atoms with Gasteiger partial charge in [-0.3, -0.25) is 15.1 Å². The summed E-state index contributed by atoms with van der Waals surface area (Å²) in [5.41, 5.74) is 7.95. The molecule has 3 heterocycles. The van der Waals surface area contributed by atoms with Crippen LogP contribution in [0, 0.1) is 6.92 Å². The van der Waals surface area contributed by atoms with Gasteiger partial charge in [-0.1, -0.05) is 0 Å². The van der Waals surface area contributed by atoms with Gasteiger partial charge in [-0.05, 0) is 19.1 Å². The van der Waals surface area contributed by atoms with Gasteiger partial charge in [0.15, 0.2) is 5.13 Å². The van der Waals surface area contributed by atoms with Gasteiger partial charge in [0.05, 0.1) is 16.1 Å². The summed E-state index contributed by atoms with van der Waals surface area (Å²) in [4.78, 5) is 21.0. The highest BCUT2D eigenvalue weighted by Crippen LogP contribution is 2.32. The molecule has 3 aromatic rings. The molecule has 0 bridgehead atoms. The molecule has 0 aliphatic carbocycles. The molecule has 5 nitrogen and oxygen atoms in total. The summed E-state index contributed by atoms with van der Waals surface area (Å²) in [5.74, 6) is -0.241. The zero-order chi connectivity index (χ0) is 13.4. The van der Waals surface area contributed by atoms with Crippen molar-refractivity contribution in [2.24, 2.45) is 0 Å². The summed E-state index contributed by atoms with van der Waals surface area (Å²) in [5, 5.41) is 5.21. The van der Waals surface area contributed by atoms with Gasteiger partial charge in [0, 0.05) is 11.6 Å². The summed E-state index contributed by atoms with van der Waals surface area (Å²) in [6.07, 6.45) is 1.66. The lowest BCUT2D eigenvalue weighted by atomic mass is 10.3. The summed E-state index contributed by atoms with van der Waals surface area (Å²) in [6.45, 7) is 1.88. The molecule has 0 saturated heterocycles. The van der Waals surface area contributed by atoms with E-state index in [1.54, 1.807) is 6.20 Å². The number of hydrogen-bond donors (Lipinski definition) is 2. The molecule has 0 atom stereocenters. The number of thiophene rings is 1. The third-order valence-corrected chi connectivity index (χ3v) is 4.56. The van der Waals surface area contributed by atoms with Crippen molar-refractivity contribution < 1.29 is 4.79 Å². The zero-order valence-corrected chi connectivity index (χ0v) is 11.6. The van der Waals surface area contributed by atoms with Crippen molar-refractivity contribution in [1.82, 2.24) is 9.97 Å². The predicted octanol–water partition coefficient (Wildman–Crippen LogP) is 2.90. The van der Waals surface area contributed by atoms with Gasteiger partial charge in [-0.25, -0.2) is 4.98 Å². The number of hydrogen-bond acceptors (Lipinski definition) is 6. The monoisotopic (exact) mass is 290 g/mol. The predicted molar refractivity (Wildman–Crippen MR) is 78.8 cm³/mol. The first-order valence-corrected chi connectivity index (χ1v) is 7.21. The summed E-state index contributed by atoms with van der Waals surface area (Å²) < 4.78 is 0.903. The van der Waals surface area contributed by atoms with Crippen LogP contribution >= 0.6 is 22.7 Å². The molecular formula is C12H10N4OS2. The van der Waals surface area contributed by atoms with E-state index in [4.69, 9.17) is 5.73 Å². The molecule has 1 amide bonds. The quantitative estimate of drug-likeness (QED) is 0.760. The Bertz CT molecular complexity index is 762. The van der Waals surface area contributed by atoms with Crippen LogP contribution in [0.2, 0.25) is 0 Å². The van der Waals surface area contributed by atoms with Crippen molar-refractivity contribution in [2.45, 2.75) is 6.92 Å². The Morgan fingerprint density at radius 1 is 1.47 bits per heavy atom. The molecule has 0 radical (unpaired) electrons. The first-order chi connectivity index (χ1) is 9.15. The van der Waals surface area contributed by atoms with Gasteiger partial charge in [-0.2, -0.15) is 0 Å². The van der Waals surface area contributed by atoms with Crippen molar-refractivity contribution in [3.05, 3.63) is 34.3 Å². The van der Waals surface area contributed by atoms with Crippen LogP contribution in [0.25, 0.3) is 10.2 Å². The minimum absolute atomic E-state index is 0.241. The van der Waals surface area contributed by atoms with Gasteiger partial charge in [0.25, 0.3) is 5.91 Å². The highest BCUT2D eigenvalue weighted by Gasteiger charge is 2.17. The van der Waals surface area contributed by atoms with Crippen LogP contribution in [-0.2, 0) is 0 Å². The fraction of sp³-hybridized carbons (Fsp3) is 0.0833. The highest BCUT2D eigenvalue weighted by atomic mass is 32.1. The van der Waals surface area contributed by atoms with E-state index in [-0.39, 0.29) is 5.91 Å². The lowest BCUT2D eigenvalue weighted by Gasteiger charge is -1.99. The number of carbonyl (C=O) groups excluding carboxylic acids is 1. The Labute approximate surface area is 117 Å². The second-order valence-corrected chi connectivity index (χ2v) is 5.85. The zero-order valence-electron chi connectivity index (χ0n) is 10.0. The molecule has 0 aliphatic heterocycles. The number of nitrogen functional groups attached to an aromatic ring is 1. The lowest BCUT2D eigenvalue weighted by molar-refractivity contribution is 0.103. The third kappa shape index (κ3) is 2.18. The maximum atomic E-state index is 12.2. The Hall–Kier alpha value is -1.99. The van der Waals surface area contributed by atoms with Gasteiger partial charge in [0.2, 0.25) is 0 Å². The maximum Gasteiger partial charge on any atom is 0.269 e. The fourth-order valence-electron chi connectivity index (χ4n) is 1.68. The number of carbonyl (C=O) groups is 1. The van der Waals surface area contributed by atoms with Crippen molar-refractivity contribution in [1.29, 1.82) is 0 Å². The maximum absolute atomic E-state index is 12.2. The van der Waals surface area contributed by atoms with E-state index in [9.17, 15) is 4.79 Å².